The molecule has 1 atom stereocenters. The van der Waals surface area contributed by atoms with E-state index in [0.717, 1.165) is 5.56 Å². The Balaban J connectivity index is 1.77. The predicted octanol–water partition coefficient (Wildman–Crippen LogP) is 2.65. The molecular formula is C17H19ClN2O4S. The van der Waals surface area contributed by atoms with E-state index in [1.54, 1.807) is 12.1 Å². The second-order valence-corrected chi connectivity index (χ2v) is 8.10. The summed E-state index contributed by atoms with van der Waals surface area (Å²) in [6, 6.07) is 11.5. The second-order valence-electron chi connectivity index (χ2n) is 5.90. The zero-order valence-corrected chi connectivity index (χ0v) is 15.5. The minimum Gasteiger partial charge on any atom is -0.454 e. The van der Waals surface area contributed by atoms with Crippen LogP contribution < -0.4 is 14.2 Å². The largest absolute Gasteiger partial charge is 0.454 e. The lowest BCUT2D eigenvalue weighted by Gasteiger charge is -2.25. The minimum atomic E-state index is -3.62. The summed E-state index contributed by atoms with van der Waals surface area (Å²) >= 11 is 5.81. The molecule has 0 fully saturated rings. The molecule has 6 nitrogen and oxygen atoms in total. The van der Waals surface area contributed by atoms with Gasteiger partial charge in [0.25, 0.3) is 0 Å². The van der Waals surface area contributed by atoms with E-state index >= 15 is 0 Å². The summed E-state index contributed by atoms with van der Waals surface area (Å²) < 4.78 is 38.3. The molecule has 2 aromatic carbocycles. The van der Waals surface area contributed by atoms with Crippen LogP contribution in [0.2, 0.25) is 5.02 Å². The van der Waals surface area contributed by atoms with Gasteiger partial charge in [-0.25, -0.2) is 13.1 Å². The van der Waals surface area contributed by atoms with Crippen molar-refractivity contribution in [2.45, 2.75) is 10.9 Å². The normalized spacial score (nSPS) is 14.7. The van der Waals surface area contributed by atoms with Crippen LogP contribution in [0.25, 0.3) is 0 Å². The van der Waals surface area contributed by atoms with Crippen LogP contribution in [0.15, 0.2) is 47.4 Å². The van der Waals surface area contributed by atoms with Crippen molar-refractivity contribution in [3.05, 3.63) is 53.1 Å². The number of halogens is 1. The van der Waals surface area contributed by atoms with Crippen molar-refractivity contribution in [1.29, 1.82) is 0 Å². The van der Waals surface area contributed by atoms with E-state index in [4.69, 9.17) is 21.1 Å². The molecule has 0 radical (unpaired) electrons. The smallest absolute Gasteiger partial charge is 0.240 e. The highest BCUT2D eigenvalue weighted by atomic mass is 35.5. The Morgan fingerprint density at radius 1 is 1.12 bits per heavy atom. The molecule has 2 aromatic rings. The molecular weight excluding hydrogens is 364 g/mol. The van der Waals surface area contributed by atoms with Crippen molar-refractivity contribution in [3.63, 3.8) is 0 Å². The van der Waals surface area contributed by atoms with E-state index in [2.05, 4.69) is 4.72 Å². The molecule has 0 spiro atoms. The fraction of sp³-hybridized carbons (Fsp3) is 0.294. The SMILES string of the molecule is CN(C)C(CNS(=O)(=O)c1ccc(Cl)cc1)c1ccc2c(c1)OCO2. The number of sulfonamides is 1. The van der Waals surface area contributed by atoms with E-state index in [0.29, 0.717) is 16.5 Å². The highest BCUT2D eigenvalue weighted by Crippen LogP contribution is 2.35. The Bertz CT molecular complexity index is 853. The maximum Gasteiger partial charge on any atom is 0.240 e. The lowest BCUT2D eigenvalue weighted by atomic mass is 10.1. The highest BCUT2D eigenvalue weighted by molar-refractivity contribution is 7.89. The summed E-state index contributed by atoms with van der Waals surface area (Å²) in [4.78, 5) is 2.13. The number of fused-ring (bicyclic) bond motifs is 1. The maximum absolute atomic E-state index is 12.5. The Morgan fingerprint density at radius 3 is 2.48 bits per heavy atom. The maximum atomic E-state index is 12.5. The van der Waals surface area contributed by atoms with E-state index in [-0.39, 0.29) is 24.3 Å². The van der Waals surface area contributed by atoms with E-state index in [9.17, 15) is 8.42 Å². The molecule has 1 aliphatic rings. The first kappa shape index (κ1) is 18.0. The molecule has 1 aliphatic heterocycles. The van der Waals surface area contributed by atoms with Gasteiger partial charge in [0, 0.05) is 17.6 Å². The molecule has 3 rings (SSSR count). The lowest BCUT2D eigenvalue weighted by Crippen LogP contribution is -2.34. The summed E-state index contributed by atoms with van der Waals surface area (Å²) in [7, 11) is 0.173. The van der Waals surface area contributed by atoms with Gasteiger partial charge in [-0.3, -0.25) is 0 Å². The topological polar surface area (TPSA) is 67.9 Å². The number of ether oxygens (including phenoxy) is 2. The number of benzene rings is 2. The van der Waals surface area contributed by atoms with Crippen molar-refractivity contribution in [2.75, 3.05) is 27.4 Å². The van der Waals surface area contributed by atoms with Crippen LogP contribution in [-0.4, -0.2) is 40.8 Å². The summed E-state index contributed by atoms with van der Waals surface area (Å²) in [6.07, 6.45) is 0. The fourth-order valence-corrected chi connectivity index (χ4v) is 3.77. The molecule has 0 aromatic heterocycles. The Hall–Kier alpha value is -1.80. The van der Waals surface area contributed by atoms with E-state index in [1.807, 2.05) is 37.2 Å². The predicted molar refractivity (Wildman–Crippen MR) is 95.6 cm³/mol. The van der Waals surface area contributed by atoms with Gasteiger partial charge in [0.1, 0.15) is 0 Å². The van der Waals surface area contributed by atoms with Crippen molar-refractivity contribution < 1.29 is 17.9 Å². The quantitative estimate of drug-likeness (QED) is 0.831. The van der Waals surface area contributed by atoms with Crippen LogP contribution in [0, 0.1) is 0 Å². The third-order valence-corrected chi connectivity index (χ3v) is 5.69. The number of hydrogen-bond donors (Lipinski definition) is 1. The van der Waals surface area contributed by atoms with E-state index in [1.165, 1.54) is 12.1 Å². The number of likely N-dealkylation sites (N-methyl/N-ethyl adjacent to an activating group) is 1. The van der Waals surface area contributed by atoms with Crippen molar-refractivity contribution in [1.82, 2.24) is 9.62 Å². The van der Waals surface area contributed by atoms with Crippen LogP contribution >= 0.6 is 11.6 Å². The molecule has 0 aliphatic carbocycles. The van der Waals surface area contributed by atoms with Gasteiger partial charge in [0.15, 0.2) is 11.5 Å². The van der Waals surface area contributed by atoms with Crippen LogP contribution in [0.1, 0.15) is 11.6 Å². The standard InChI is InChI=1S/C17H19ClN2O4S/c1-20(2)15(12-3-8-16-17(9-12)24-11-23-16)10-19-25(21,22)14-6-4-13(18)5-7-14/h3-9,15,19H,10-11H2,1-2H3. The first-order valence-electron chi connectivity index (χ1n) is 7.68. The Morgan fingerprint density at radius 2 is 1.80 bits per heavy atom. The third kappa shape index (κ3) is 4.07. The van der Waals surface area contributed by atoms with Crippen LogP contribution in [0.3, 0.4) is 0 Å². The van der Waals surface area contributed by atoms with Gasteiger partial charge in [0.2, 0.25) is 16.8 Å². The minimum absolute atomic E-state index is 0.156. The molecule has 0 saturated heterocycles. The van der Waals surface area contributed by atoms with Gasteiger partial charge in [-0.05, 0) is 56.1 Å². The van der Waals surface area contributed by atoms with Gasteiger partial charge < -0.3 is 14.4 Å². The Labute approximate surface area is 152 Å². The molecule has 0 amide bonds. The van der Waals surface area contributed by atoms with Crippen molar-refractivity contribution in [2.24, 2.45) is 0 Å². The van der Waals surface area contributed by atoms with Gasteiger partial charge in [-0.1, -0.05) is 17.7 Å². The van der Waals surface area contributed by atoms with Crippen LogP contribution in [0.4, 0.5) is 0 Å². The number of rotatable bonds is 6. The number of nitrogens with one attached hydrogen (secondary N) is 1. The molecule has 0 saturated carbocycles. The van der Waals surface area contributed by atoms with E-state index < -0.39 is 10.0 Å². The first-order valence-corrected chi connectivity index (χ1v) is 9.54. The van der Waals surface area contributed by atoms with Gasteiger partial charge in [0.05, 0.1) is 4.90 Å². The average molecular weight is 383 g/mol. The molecule has 8 heteroatoms. The first-order chi connectivity index (χ1) is 11.9. The summed E-state index contributed by atoms with van der Waals surface area (Å²) in [5.74, 6) is 1.37. The number of hydrogen-bond acceptors (Lipinski definition) is 5. The van der Waals surface area contributed by atoms with Crippen LogP contribution in [-0.2, 0) is 10.0 Å². The molecule has 25 heavy (non-hydrogen) atoms. The molecule has 1 N–H and O–H groups in total. The third-order valence-electron chi connectivity index (χ3n) is 4.00. The second kappa shape index (κ2) is 7.21. The van der Waals surface area contributed by atoms with Gasteiger partial charge >= 0.3 is 0 Å². The molecule has 1 heterocycles. The van der Waals surface area contributed by atoms with Gasteiger partial charge in [-0.15, -0.1) is 0 Å². The van der Waals surface area contributed by atoms with Crippen LogP contribution in [0.5, 0.6) is 11.5 Å². The molecule has 0 bridgehead atoms. The van der Waals surface area contributed by atoms with Gasteiger partial charge in [-0.2, -0.15) is 0 Å². The van der Waals surface area contributed by atoms with Crippen molar-refractivity contribution in [3.8, 4) is 11.5 Å². The number of nitrogens with zero attached hydrogens (tertiary/aromatic N) is 1. The Kier molecular flexibility index (Phi) is 5.19. The molecule has 1 unspecified atom stereocenters. The summed E-state index contributed by atoms with van der Waals surface area (Å²) in [5.41, 5.74) is 0.938. The average Bonchev–Trinajstić information content (AvgIpc) is 3.02. The van der Waals surface area contributed by atoms with Crippen molar-refractivity contribution >= 4 is 21.6 Å². The lowest BCUT2D eigenvalue weighted by molar-refractivity contribution is 0.174. The fourth-order valence-electron chi connectivity index (χ4n) is 2.60. The monoisotopic (exact) mass is 382 g/mol. The summed E-state index contributed by atoms with van der Waals surface area (Å²) in [6.45, 7) is 0.423. The highest BCUT2D eigenvalue weighted by Gasteiger charge is 2.22. The molecule has 134 valence electrons. The zero-order chi connectivity index (χ0) is 18.0. The summed E-state index contributed by atoms with van der Waals surface area (Å²) in [5, 5.41) is 0.491. The zero-order valence-electron chi connectivity index (χ0n) is 13.9.